The van der Waals surface area contributed by atoms with Gasteiger partial charge in [0.1, 0.15) is 11.5 Å². The Morgan fingerprint density at radius 1 is 0.805 bits per heavy atom. The number of hydrogen-bond donors (Lipinski definition) is 2. The van der Waals surface area contributed by atoms with E-state index in [1.54, 1.807) is 4.90 Å². The number of halogens is 6. The molecule has 0 atom stereocenters. The van der Waals surface area contributed by atoms with Crippen LogP contribution < -0.4 is 11.1 Å². The lowest BCUT2D eigenvalue weighted by Gasteiger charge is -2.36. The van der Waals surface area contributed by atoms with Crippen molar-refractivity contribution in [3.05, 3.63) is 82.3 Å². The molecule has 0 aromatic heterocycles. The molecule has 2 aromatic rings. The number of nitrogens with one attached hydrogen (secondary N) is 1. The van der Waals surface area contributed by atoms with Crippen LogP contribution in [0.2, 0.25) is 0 Å². The van der Waals surface area contributed by atoms with E-state index in [1.807, 2.05) is 18.0 Å². The number of likely N-dealkylation sites (tertiary alicyclic amines) is 1. The first kappa shape index (κ1) is 32.1. The molecule has 1 amide bonds. The van der Waals surface area contributed by atoms with Crippen LogP contribution >= 0.6 is 0 Å². The van der Waals surface area contributed by atoms with E-state index in [4.69, 9.17) is 5.73 Å². The number of likely N-dealkylation sites (N-methyl/N-ethyl adjacent to an activating group) is 1. The van der Waals surface area contributed by atoms with Crippen molar-refractivity contribution in [2.75, 3.05) is 46.3 Å². The molecule has 4 rings (SSSR count). The number of piperazine rings is 1. The van der Waals surface area contributed by atoms with Crippen LogP contribution in [-0.2, 0) is 30.1 Å². The normalized spacial score (nSPS) is 17.1. The Hall–Kier alpha value is -3.41. The number of carbonyl (C=O) groups is 1. The standard InChI is InChI=1S/C21H27F6N5O.C8H10/c1-30-6-8-31(9-7-30)18(17(28)19(33)32-4-2-3-5-32)29-13-14-10-15(20(22,23)24)12-16(11-14)21(25,26)27;1-2-8-6-4-3-5-7-8/h10-12,29H,2-9,13,28H2,1H3;3-7H,2H2,1H3/b18-17+;. The van der Waals surface area contributed by atoms with Crippen LogP contribution in [0.5, 0.6) is 0 Å². The second-order valence-electron chi connectivity index (χ2n) is 10.2. The van der Waals surface area contributed by atoms with Crippen LogP contribution in [0.15, 0.2) is 60.0 Å². The van der Waals surface area contributed by atoms with Crippen molar-refractivity contribution in [3.8, 4) is 0 Å². The molecule has 226 valence electrons. The Morgan fingerprint density at radius 2 is 1.34 bits per heavy atom. The fourth-order valence-electron chi connectivity index (χ4n) is 4.62. The quantitative estimate of drug-likeness (QED) is 0.367. The maximum atomic E-state index is 13.2. The minimum Gasteiger partial charge on any atom is -0.391 e. The van der Waals surface area contributed by atoms with Gasteiger partial charge >= 0.3 is 12.4 Å². The summed E-state index contributed by atoms with van der Waals surface area (Å²) < 4.78 is 79.1. The number of nitrogens with zero attached hydrogens (tertiary/aromatic N) is 3. The second-order valence-corrected chi connectivity index (χ2v) is 10.2. The predicted octanol–water partition coefficient (Wildman–Crippen LogP) is 5.06. The van der Waals surface area contributed by atoms with E-state index in [1.165, 1.54) is 5.56 Å². The zero-order valence-corrected chi connectivity index (χ0v) is 23.3. The lowest BCUT2D eigenvalue weighted by molar-refractivity contribution is -0.143. The van der Waals surface area contributed by atoms with Gasteiger partial charge in [0.25, 0.3) is 5.91 Å². The largest absolute Gasteiger partial charge is 0.416 e. The number of nitrogens with two attached hydrogens (primary N) is 1. The summed E-state index contributed by atoms with van der Waals surface area (Å²) in [4.78, 5) is 18.3. The van der Waals surface area contributed by atoms with E-state index < -0.39 is 29.4 Å². The van der Waals surface area contributed by atoms with Gasteiger partial charge in [0, 0.05) is 45.8 Å². The fourth-order valence-corrected chi connectivity index (χ4v) is 4.62. The highest BCUT2D eigenvalue weighted by atomic mass is 19.4. The van der Waals surface area contributed by atoms with Crippen molar-refractivity contribution in [3.63, 3.8) is 0 Å². The molecule has 0 radical (unpaired) electrons. The molecular weight excluding hydrogens is 548 g/mol. The van der Waals surface area contributed by atoms with Crippen molar-refractivity contribution < 1.29 is 31.1 Å². The molecule has 0 unspecified atom stereocenters. The Morgan fingerprint density at radius 3 is 1.80 bits per heavy atom. The van der Waals surface area contributed by atoms with Gasteiger partial charge in [-0.2, -0.15) is 26.3 Å². The van der Waals surface area contributed by atoms with Crippen molar-refractivity contribution in [1.82, 2.24) is 20.0 Å². The first-order valence-corrected chi connectivity index (χ1v) is 13.6. The number of benzene rings is 2. The second kappa shape index (κ2) is 14.0. The van der Waals surface area contributed by atoms with E-state index in [0.29, 0.717) is 51.4 Å². The molecule has 0 bridgehead atoms. The third kappa shape index (κ3) is 9.31. The molecule has 3 N–H and O–H groups in total. The maximum Gasteiger partial charge on any atom is 0.416 e. The minimum absolute atomic E-state index is 0.0893. The van der Waals surface area contributed by atoms with Gasteiger partial charge in [-0.05, 0) is 55.6 Å². The number of amides is 1. The highest BCUT2D eigenvalue weighted by Gasteiger charge is 2.37. The molecular formula is C29H37F6N5O. The Bertz CT molecular complexity index is 1140. The minimum atomic E-state index is -4.93. The monoisotopic (exact) mass is 585 g/mol. The third-order valence-electron chi connectivity index (χ3n) is 7.06. The lowest BCUT2D eigenvalue weighted by atomic mass is 10.0. The van der Waals surface area contributed by atoms with E-state index in [-0.39, 0.29) is 29.7 Å². The summed E-state index contributed by atoms with van der Waals surface area (Å²) in [6.45, 7) is 5.25. The van der Waals surface area contributed by atoms with Crippen LogP contribution in [0.25, 0.3) is 0 Å². The van der Waals surface area contributed by atoms with Crippen LogP contribution in [0.3, 0.4) is 0 Å². The lowest BCUT2D eigenvalue weighted by Crippen LogP contribution is -2.48. The van der Waals surface area contributed by atoms with E-state index in [0.717, 1.165) is 19.3 Å². The van der Waals surface area contributed by atoms with Gasteiger partial charge in [-0.1, -0.05) is 37.3 Å². The molecule has 0 saturated carbocycles. The van der Waals surface area contributed by atoms with Gasteiger partial charge in [0.05, 0.1) is 11.1 Å². The van der Waals surface area contributed by atoms with Gasteiger partial charge in [0.2, 0.25) is 0 Å². The topological polar surface area (TPSA) is 64.8 Å². The molecule has 2 fully saturated rings. The fraction of sp³-hybridized carbons (Fsp3) is 0.483. The summed E-state index contributed by atoms with van der Waals surface area (Å²) in [5.74, 6) is -0.167. The van der Waals surface area contributed by atoms with Gasteiger partial charge in [0.15, 0.2) is 0 Å². The van der Waals surface area contributed by atoms with Crippen molar-refractivity contribution >= 4 is 5.91 Å². The number of carbonyl (C=O) groups excluding carboxylic acids is 1. The smallest absolute Gasteiger partial charge is 0.391 e. The third-order valence-corrected chi connectivity index (χ3v) is 7.06. The summed E-state index contributed by atoms with van der Waals surface area (Å²) in [6, 6.07) is 11.9. The molecule has 2 heterocycles. The summed E-state index contributed by atoms with van der Waals surface area (Å²) in [5, 5.41) is 2.86. The number of hydrogen-bond acceptors (Lipinski definition) is 5. The van der Waals surface area contributed by atoms with Crippen LogP contribution in [0.4, 0.5) is 26.3 Å². The average molecular weight is 586 g/mol. The van der Waals surface area contributed by atoms with E-state index >= 15 is 0 Å². The molecule has 2 saturated heterocycles. The Labute approximate surface area is 236 Å². The van der Waals surface area contributed by atoms with Crippen LogP contribution in [0.1, 0.15) is 42.0 Å². The SMILES string of the molecule is CCc1ccccc1.CN1CCN(/C(NCc2cc(C(F)(F)F)cc(C(F)(F)F)c2)=C(/N)C(=O)N2CCCC2)CC1. The molecule has 12 heteroatoms. The molecule has 41 heavy (non-hydrogen) atoms. The summed E-state index contributed by atoms with van der Waals surface area (Å²) in [5.41, 5.74) is 4.50. The van der Waals surface area contributed by atoms with Gasteiger partial charge in [-0.25, -0.2) is 0 Å². The zero-order chi connectivity index (χ0) is 30.2. The highest BCUT2D eigenvalue weighted by Crippen LogP contribution is 2.36. The van der Waals surface area contributed by atoms with Gasteiger partial charge in [-0.15, -0.1) is 0 Å². The number of rotatable bonds is 6. The van der Waals surface area contributed by atoms with Crippen LogP contribution in [0, 0.1) is 0 Å². The van der Waals surface area contributed by atoms with E-state index in [2.05, 4.69) is 41.4 Å². The molecule has 2 aromatic carbocycles. The molecule has 0 spiro atoms. The number of alkyl halides is 6. The summed E-state index contributed by atoms with van der Waals surface area (Å²) >= 11 is 0. The van der Waals surface area contributed by atoms with E-state index in [9.17, 15) is 31.1 Å². The average Bonchev–Trinajstić information content (AvgIpc) is 3.48. The first-order chi connectivity index (χ1) is 19.3. The molecule has 6 nitrogen and oxygen atoms in total. The van der Waals surface area contributed by atoms with Gasteiger partial charge < -0.3 is 25.8 Å². The summed E-state index contributed by atoms with van der Waals surface area (Å²) in [6.07, 6.45) is -7.03. The zero-order valence-electron chi connectivity index (χ0n) is 23.3. The highest BCUT2D eigenvalue weighted by molar-refractivity contribution is 5.93. The Balaban J connectivity index is 0.000000496. The van der Waals surface area contributed by atoms with Crippen molar-refractivity contribution in [2.24, 2.45) is 5.73 Å². The first-order valence-electron chi connectivity index (χ1n) is 13.6. The predicted molar refractivity (Wildman–Crippen MR) is 145 cm³/mol. The van der Waals surface area contributed by atoms with Crippen molar-refractivity contribution in [2.45, 2.75) is 45.1 Å². The Kier molecular flexibility index (Phi) is 10.9. The molecule has 0 aliphatic carbocycles. The van der Waals surface area contributed by atoms with Gasteiger partial charge in [-0.3, -0.25) is 4.79 Å². The maximum absolute atomic E-state index is 13.2. The van der Waals surface area contributed by atoms with Crippen molar-refractivity contribution in [1.29, 1.82) is 0 Å². The summed E-state index contributed by atoms with van der Waals surface area (Å²) in [7, 11) is 1.92. The number of aryl methyl sites for hydroxylation is 1. The molecule has 2 aliphatic heterocycles. The van der Waals surface area contributed by atoms with Crippen LogP contribution in [-0.4, -0.2) is 66.9 Å². The molecule has 2 aliphatic rings.